The van der Waals surface area contributed by atoms with Crippen LogP contribution in [-0.2, 0) is 0 Å². The molecule has 0 radical (unpaired) electrons. The first-order valence-corrected chi connectivity index (χ1v) is 7.05. The van der Waals surface area contributed by atoms with Crippen LogP contribution in [0.5, 0.6) is 0 Å². The molecule has 3 heteroatoms. The van der Waals surface area contributed by atoms with E-state index >= 15 is 0 Å². The van der Waals surface area contributed by atoms with Gasteiger partial charge in [0.2, 0.25) is 0 Å². The zero-order valence-corrected chi connectivity index (χ0v) is 12.2. The molecule has 0 saturated carbocycles. The van der Waals surface area contributed by atoms with E-state index in [1.165, 1.54) is 0 Å². The molecule has 3 aromatic rings. The quantitative estimate of drug-likeness (QED) is 0.782. The molecule has 3 nitrogen and oxygen atoms in total. The second-order valence-corrected chi connectivity index (χ2v) is 5.44. The van der Waals surface area contributed by atoms with E-state index < -0.39 is 0 Å². The summed E-state index contributed by atoms with van der Waals surface area (Å²) in [4.78, 5) is 12.9. The predicted octanol–water partition coefficient (Wildman–Crippen LogP) is 3.29. The monoisotopic (exact) mass is 278 g/mol. The Bertz CT molecular complexity index is 848. The van der Waals surface area contributed by atoms with E-state index in [4.69, 9.17) is 5.73 Å². The summed E-state index contributed by atoms with van der Waals surface area (Å²) in [6.07, 6.45) is 1.87. The fourth-order valence-electron chi connectivity index (χ4n) is 2.64. The minimum atomic E-state index is -0.195. The summed E-state index contributed by atoms with van der Waals surface area (Å²) in [5.41, 5.74) is 10.5. The van der Waals surface area contributed by atoms with Crippen molar-refractivity contribution in [3.8, 4) is 11.1 Å². The van der Waals surface area contributed by atoms with E-state index in [2.05, 4.69) is 0 Å². The molecule has 2 heterocycles. The summed E-state index contributed by atoms with van der Waals surface area (Å²) < 4.78 is 1.70. The van der Waals surface area contributed by atoms with Gasteiger partial charge in [-0.25, -0.2) is 0 Å². The minimum absolute atomic E-state index is 0.0188. The average molecular weight is 278 g/mol. The second kappa shape index (κ2) is 5.19. The third-order valence-corrected chi connectivity index (χ3v) is 3.71. The van der Waals surface area contributed by atoms with E-state index in [1.54, 1.807) is 4.40 Å². The van der Waals surface area contributed by atoms with Crippen LogP contribution in [0.25, 0.3) is 16.6 Å². The highest BCUT2D eigenvalue weighted by atomic mass is 16.1. The molecule has 1 atom stereocenters. The number of hydrogen-bond donors (Lipinski definition) is 1. The van der Waals surface area contributed by atoms with Gasteiger partial charge in [-0.1, -0.05) is 36.4 Å². The lowest BCUT2D eigenvalue weighted by molar-refractivity contribution is 0.815. The van der Waals surface area contributed by atoms with Crippen LogP contribution in [0.1, 0.15) is 24.1 Å². The zero-order valence-electron chi connectivity index (χ0n) is 12.2. The lowest BCUT2D eigenvalue weighted by atomic mass is 9.97. The molecule has 2 aromatic heterocycles. The molecule has 0 fully saturated rings. The van der Waals surface area contributed by atoms with Gasteiger partial charge in [-0.05, 0) is 42.7 Å². The summed E-state index contributed by atoms with van der Waals surface area (Å²) in [6, 6.07) is 15.5. The molecule has 0 aliphatic heterocycles. The number of aromatic nitrogens is 1. The lowest BCUT2D eigenvalue weighted by Gasteiger charge is -2.15. The van der Waals surface area contributed by atoms with Crippen molar-refractivity contribution in [1.29, 1.82) is 0 Å². The third-order valence-electron chi connectivity index (χ3n) is 3.71. The predicted molar refractivity (Wildman–Crippen MR) is 86.4 cm³/mol. The fraction of sp³-hybridized carbons (Fsp3) is 0.167. The fourth-order valence-corrected chi connectivity index (χ4v) is 2.64. The van der Waals surface area contributed by atoms with Crippen LogP contribution in [0.4, 0.5) is 0 Å². The van der Waals surface area contributed by atoms with E-state index in [9.17, 15) is 4.79 Å². The summed E-state index contributed by atoms with van der Waals surface area (Å²) in [7, 11) is 0. The normalized spacial score (nSPS) is 12.5. The van der Waals surface area contributed by atoms with Gasteiger partial charge in [-0.2, -0.15) is 0 Å². The van der Waals surface area contributed by atoms with Crippen molar-refractivity contribution in [2.24, 2.45) is 5.73 Å². The number of hydrogen-bond acceptors (Lipinski definition) is 2. The van der Waals surface area contributed by atoms with Gasteiger partial charge in [-0.3, -0.25) is 9.20 Å². The highest BCUT2D eigenvalue weighted by molar-refractivity contribution is 5.70. The molecule has 0 aliphatic rings. The zero-order chi connectivity index (χ0) is 15.0. The Kier molecular flexibility index (Phi) is 3.35. The van der Waals surface area contributed by atoms with E-state index in [0.717, 1.165) is 22.2 Å². The average Bonchev–Trinajstić information content (AvgIpc) is 2.48. The molecule has 1 aromatic carbocycles. The summed E-state index contributed by atoms with van der Waals surface area (Å²) in [6.45, 7) is 3.89. The number of nitrogens with two attached hydrogens (primary N) is 1. The van der Waals surface area contributed by atoms with Gasteiger partial charge in [-0.15, -0.1) is 0 Å². The molecule has 0 saturated heterocycles. The molecule has 0 aliphatic carbocycles. The maximum absolute atomic E-state index is 12.9. The first-order valence-electron chi connectivity index (χ1n) is 7.05. The van der Waals surface area contributed by atoms with Crippen molar-refractivity contribution in [3.63, 3.8) is 0 Å². The van der Waals surface area contributed by atoms with Crippen molar-refractivity contribution >= 4 is 5.52 Å². The molecular formula is C18H18N2O. The van der Waals surface area contributed by atoms with Crippen LogP contribution in [0.2, 0.25) is 0 Å². The molecule has 0 spiro atoms. The third kappa shape index (κ3) is 2.36. The van der Waals surface area contributed by atoms with E-state index in [0.29, 0.717) is 5.56 Å². The summed E-state index contributed by atoms with van der Waals surface area (Å²) in [5.74, 6) is 0. The molecule has 2 N–H and O–H groups in total. The van der Waals surface area contributed by atoms with Crippen LogP contribution in [-0.4, -0.2) is 4.40 Å². The van der Waals surface area contributed by atoms with Crippen LogP contribution in [0.15, 0.2) is 59.5 Å². The number of fused-ring (bicyclic) bond motifs is 1. The van der Waals surface area contributed by atoms with Gasteiger partial charge in [0.05, 0.1) is 5.56 Å². The number of benzene rings is 1. The SMILES string of the molecule is Cc1ccc2cc(C(C)N)c(-c3ccccc3)c(=O)n2c1. The van der Waals surface area contributed by atoms with Gasteiger partial charge in [0, 0.05) is 17.8 Å². The lowest BCUT2D eigenvalue weighted by Crippen LogP contribution is -2.21. The molecule has 106 valence electrons. The van der Waals surface area contributed by atoms with Crippen molar-refractivity contribution in [1.82, 2.24) is 4.40 Å². The summed E-state index contributed by atoms with van der Waals surface area (Å²) >= 11 is 0. The maximum Gasteiger partial charge on any atom is 0.263 e. The van der Waals surface area contributed by atoms with E-state index in [1.807, 2.05) is 68.6 Å². The Morgan fingerprint density at radius 2 is 1.81 bits per heavy atom. The first kappa shape index (κ1) is 13.6. The van der Waals surface area contributed by atoms with Gasteiger partial charge in [0.25, 0.3) is 5.56 Å². The summed E-state index contributed by atoms with van der Waals surface area (Å²) in [5, 5.41) is 0. The molecule has 0 amide bonds. The largest absolute Gasteiger partial charge is 0.324 e. The van der Waals surface area contributed by atoms with Gasteiger partial charge in [0.15, 0.2) is 0 Å². The van der Waals surface area contributed by atoms with Crippen molar-refractivity contribution < 1.29 is 0 Å². The maximum atomic E-state index is 12.9. The Morgan fingerprint density at radius 3 is 2.48 bits per heavy atom. The number of nitrogens with zero attached hydrogens (tertiary/aromatic N) is 1. The van der Waals surface area contributed by atoms with Gasteiger partial charge < -0.3 is 5.73 Å². The Balaban J connectivity index is 2.43. The topological polar surface area (TPSA) is 47.5 Å². The van der Waals surface area contributed by atoms with Crippen molar-refractivity contribution in [3.05, 3.63) is 76.2 Å². The molecule has 0 bridgehead atoms. The first-order chi connectivity index (χ1) is 10.1. The number of aryl methyl sites for hydroxylation is 1. The highest BCUT2D eigenvalue weighted by Gasteiger charge is 2.15. The molecule has 1 unspecified atom stereocenters. The van der Waals surface area contributed by atoms with Gasteiger partial charge in [0.1, 0.15) is 0 Å². The van der Waals surface area contributed by atoms with Crippen LogP contribution in [0, 0.1) is 6.92 Å². The highest BCUT2D eigenvalue weighted by Crippen LogP contribution is 2.25. The van der Waals surface area contributed by atoms with Gasteiger partial charge >= 0.3 is 0 Å². The van der Waals surface area contributed by atoms with Crippen molar-refractivity contribution in [2.45, 2.75) is 19.9 Å². The van der Waals surface area contributed by atoms with Crippen LogP contribution < -0.4 is 11.3 Å². The van der Waals surface area contributed by atoms with Crippen LogP contribution in [0.3, 0.4) is 0 Å². The van der Waals surface area contributed by atoms with Crippen LogP contribution >= 0.6 is 0 Å². The smallest absolute Gasteiger partial charge is 0.263 e. The molecule has 21 heavy (non-hydrogen) atoms. The molecule has 3 rings (SSSR count). The Labute approximate surface area is 123 Å². The standard InChI is InChI=1S/C18H18N2O/c1-12-8-9-15-10-16(13(2)19)17(18(21)20(15)11-12)14-6-4-3-5-7-14/h3-11,13H,19H2,1-2H3. The molecular weight excluding hydrogens is 260 g/mol. The minimum Gasteiger partial charge on any atom is -0.324 e. The van der Waals surface area contributed by atoms with Crippen molar-refractivity contribution in [2.75, 3.05) is 0 Å². The second-order valence-electron chi connectivity index (χ2n) is 5.44. The number of rotatable bonds is 2. The van der Waals surface area contributed by atoms with E-state index in [-0.39, 0.29) is 11.6 Å². The Hall–Kier alpha value is -2.39. The number of pyridine rings is 2. The Morgan fingerprint density at radius 1 is 1.10 bits per heavy atom.